The average molecular weight is 217 g/mol. The van der Waals surface area contributed by atoms with Crippen LogP contribution in [-0.2, 0) is 19.1 Å². The largest absolute Gasteiger partial charge is 0.469 e. The van der Waals surface area contributed by atoms with Gasteiger partial charge < -0.3 is 14.8 Å². The van der Waals surface area contributed by atoms with E-state index in [4.69, 9.17) is 4.74 Å². The topological polar surface area (TPSA) is 64.6 Å². The van der Waals surface area contributed by atoms with E-state index in [1.54, 1.807) is 13.8 Å². The predicted octanol–water partition coefficient (Wildman–Crippen LogP) is 0.337. The number of hydrogen-bond acceptors (Lipinski definition) is 5. The molecule has 2 atom stereocenters. The smallest absolute Gasteiger partial charge is 0.319 e. The van der Waals surface area contributed by atoms with Crippen molar-refractivity contribution in [1.82, 2.24) is 5.32 Å². The molecule has 0 aromatic rings. The first-order valence-electron chi connectivity index (χ1n) is 4.99. The summed E-state index contributed by atoms with van der Waals surface area (Å²) in [5.41, 5.74) is 0. The Labute approximate surface area is 90.1 Å². The average Bonchev–Trinajstić information content (AvgIpc) is 2.24. The fraction of sp³-hybridized carbons (Fsp3) is 0.800. The van der Waals surface area contributed by atoms with Crippen molar-refractivity contribution in [3.8, 4) is 0 Å². The Morgan fingerprint density at radius 2 is 1.93 bits per heavy atom. The van der Waals surface area contributed by atoms with Gasteiger partial charge in [-0.1, -0.05) is 6.92 Å². The third-order valence-corrected chi connectivity index (χ3v) is 2.20. The second kappa shape index (κ2) is 7.23. The first kappa shape index (κ1) is 13.9. The lowest BCUT2D eigenvalue weighted by atomic mass is 10.0. The molecule has 0 aliphatic carbocycles. The van der Waals surface area contributed by atoms with Crippen molar-refractivity contribution in [3.63, 3.8) is 0 Å². The molecule has 0 radical (unpaired) electrons. The van der Waals surface area contributed by atoms with E-state index in [2.05, 4.69) is 10.1 Å². The number of ether oxygens (including phenoxy) is 2. The van der Waals surface area contributed by atoms with E-state index in [1.165, 1.54) is 7.11 Å². The Balaban J connectivity index is 3.87. The van der Waals surface area contributed by atoms with Crippen molar-refractivity contribution >= 4 is 11.9 Å². The molecule has 1 N–H and O–H groups in total. The monoisotopic (exact) mass is 217 g/mol. The maximum atomic E-state index is 11.1. The normalized spacial score (nSPS) is 14.1. The van der Waals surface area contributed by atoms with Crippen LogP contribution >= 0.6 is 0 Å². The summed E-state index contributed by atoms with van der Waals surface area (Å²) in [5.74, 6) is -0.898. The Morgan fingerprint density at radius 1 is 1.33 bits per heavy atom. The van der Waals surface area contributed by atoms with E-state index >= 15 is 0 Å². The van der Waals surface area contributed by atoms with Gasteiger partial charge in [0, 0.05) is 6.04 Å². The molecule has 2 unspecified atom stereocenters. The van der Waals surface area contributed by atoms with Crippen LogP contribution in [0.4, 0.5) is 0 Å². The molecule has 88 valence electrons. The number of methoxy groups -OCH3 is 1. The second-order valence-electron chi connectivity index (χ2n) is 3.29. The van der Waals surface area contributed by atoms with E-state index in [9.17, 15) is 9.59 Å². The zero-order valence-corrected chi connectivity index (χ0v) is 9.70. The third kappa shape index (κ3) is 5.37. The summed E-state index contributed by atoms with van der Waals surface area (Å²) in [5, 5.41) is 2.91. The van der Waals surface area contributed by atoms with Crippen molar-refractivity contribution in [2.75, 3.05) is 20.3 Å². The van der Waals surface area contributed by atoms with Gasteiger partial charge in [-0.05, 0) is 13.8 Å². The van der Waals surface area contributed by atoms with Crippen molar-refractivity contribution in [1.29, 1.82) is 0 Å². The predicted molar refractivity (Wildman–Crippen MR) is 55.3 cm³/mol. The van der Waals surface area contributed by atoms with Crippen molar-refractivity contribution < 1.29 is 19.1 Å². The second-order valence-corrected chi connectivity index (χ2v) is 3.29. The van der Waals surface area contributed by atoms with Crippen LogP contribution in [0.1, 0.15) is 20.8 Å². The molecule has 0 amide bonds. The van der Waals surface area contributed by atoms with E-state index in [0.717, 1.165) is 0 Å². The minimum absolute atomic E-state index is 0.107. The van der Waals surface area contributed by atoms with Gasteiger partial charge in [-0.3, -0.25) is 9.59 Å². The molecule has 0 aromatic carbocycles. The summed E-state index contributed by atoms with van der Waals surface area (Å²) in [7, 11) is 1.34. The van der Waals surface area contributed by atoms with Gasteiger partial charge in [-0.25, -0.2) is 0 Å². The van der Waals surface area contributed by atoms with Gasteiger partial charge in [0.1, 0.15) is 0 Å². The molecular formula is C10H19NO4. The van der Waals surface area contributed by atoms with Crippen LogP contribution in [0.25, 0.3) is 0 Å². The highest BCUT2D eigenvalue weighted by molar-refractivity contribution is 5.73. The molecule has 0 bridgehead atoms. The van der Waals surface area contributed by atoms with Gasteiger partial charge in [0.15, 0.2) is 0 Å². The van der Waals surface area contributed by atoms with Crippen LogP contribution in [0, 0.1) is 5.92 Å². The molecule has 0 saturated carbocycles. The number of nitrogens with one attached hydrogen (secondary N) is 1. The summed E-state index contributed by atoms with van der Waals surface area (Å²) in [6.45, 7) is 5.78. The summed E-state index contributed by atoms with van der Waals surface area (Å²) < 4.78 is 9.33. The molecule has 0 heterocycles. The van der Waals surface area contributed by atoms with Crippen LogP contribution in [0.5, 0.6) is 0 Å². The van der Waals surface area contributed by atoms with Gasteiger partial charge in [-0.15, -0.1) is 0 Å². The standard InChI is InChI=1S/C10H19NO4/c1-5-15-9(12)6-11-8(3)7(2)10(13)14-4/h7-8,11H,5-6H2,1-4H3. The fourth-order valence-corrected chi connectivity index (χ4v) is 1.02. The third-order valence-electron chi connectivity index (χ3n) is 2.20. The van der Waals surface area contributed by atoms with E-state index in [0.29, 0.717) is 6.61 Å². The molecule has 0 aromatic heterocycles. The van der Waals surface area contributed by atoms with Crippen LogP contribution < -0.4 is 5.32 Å². The lowest BCUT2D eigenvalue weighted by Crippen LogP contribution is -2.39. The summed E-state index contributed by atoms with van der Waals surface area (Å²) in [4.78, 5) is 22.2. The Bertz CT molecular complexity index is 217. The molecule has 0 spiro atoms. The van der Waals surface area contributed by atoms with E-state index < -0.39 is 0 Å². The minimum atomic E-state index is -0.318. The lowest BCUT2D eigenvalue weighted by Gasteiger charge is -2.18. The Kier molecular flexibility index (Phi) is 6.70. The molecule has 0 rings (SSSR count). The van der Waals surface area contributed by atoms with Crippen molar-refractivity contribution in [3.05, 3.63) is 0 Å². The molecule has 0 aliphatic rings. The Hall–Kier alpha value is -1.10. The molecule has 5 heteroatoms. The minimum Gasteiger partial charge on any atom is -0.469 e. The van der Waals surface area contributed by atoms with Gasteiger partial charge in [0.2, 0.25) is 0 Å². The van der Waals surface area contributed by atoms with Crippen LogP contribution in [0.2, 0.25) is 0 Å². The maximum absolute atomic E-state index is 11.1. The fourth-order valence-electron chi connectivity index (χ4n) is 1.02. The molecular weight excluding hydrogens is 198 g/mol. The zero-order chi connectivity index (χ0) is 11.8. The van der Waals surface area contributed by atoms with Gasteiger partial charge >= 0.3 is 11.9 Å². The number of hydrogen-bond donors (Lipinski definition) is 1. The van der Waals surface area contributed by atoms with Gasteiger partial charge in [0.25, 0.3) is 0 Å². The van der Waals surface area contributed by atoms with E-state index in [-0.39, 0.29) is 30.4 Å². The van der Waals surface area contributed by atoms with Gasteiger partial charge in [0.05, 0.1) is 26.2 Å². The highest BCUT2D eigenvalue weighted by atomic mass is 16.5. The lowest BCUT2D eigenvalue weighted by molar-refractivity contribution is -0.147. The number of esters is 2. The number of carbonyl (C=O) groups is 2. The highest BCUT2D eigenvalue weighted by Gasteiger charge is 2.20. The first-order chi connectivity index (χ1) is 7.02. The summed E-state index contributed by atoms with van der Waals surface area (Å²) in [6, 6.07) is -0.123. The van der Waals surface area contributed by atoms with Crippen LogP contribution in [0.15, 0.2) is 0 Å². The molecule has 0 fully saturated rings. The van der Waals surface area contributed by atoms with Crippen molar-refractivity contribution in [2.24, 2.45) is 5.92 Å². The summed E-state index contributed by atoms with van der Waals surface area (Å²) in [6.07, 6.45) is 0. The zero-order valence-electron chi connectivity index (χ0n) is 9.70. The van der Waals surface area contributed by atoms with Crippen molar-refractivity contribution in [2.45, 2.75) is 26.8 Å². The molecule has 15 heavy (non-hydrogen) atoms. The Morgan fingerprint density at radius 3 is 2.40 bits per heavy atom. The first-order valence-corrected chi connectivity index (χ1v) is 4.99. The SMILES string of the molecule is CCOC(=O)CNC(C)C(C)C(=O)OC. The highest BCUT2D eigenvalue weighted by Crippen LogP contribution is 2.03. The van der Waals surface area contributed by atoms with E-state index in [1.807, 2.05) is 6.92 Å². The summed E-state index contributed by atoms with van der Waals surface area (Å²) >= 11 is 0. The number of rotatable bonds is 6. The van der Waals surface area contributed by atoms with Crippen LogP contribution in [-0.4, -0.2) is 38.2 Å². The molecule has 0 aliphatic heterocycles. The van der Waals surface area contributed by atoms with Crippen LogP contribution in [0.3, 0.4) is 0 Å². The molecule has 5 nitrogen and oxygen atoms in total. The quantitative estimate of drug-likeness (QED) is 0.650. The molecule has 0 saturated heterocycles. The maximum Gasteiger partial charge on any atom is 0.319 e. The number of carbonyl (C=O) groups excluding carboxylic acids is 2. The van der Waals surface area contributed by atoms with Gasteiger partial charge in [-0.2, -0.15) is 0 Å².